The first kappa shape index (κ1) is 30.8. The molecule has 222 valence electrons. The molecule has 1 aliphatic rings. The number of rotatable bonds is 8. The van der Waals surface area contributed by atoms with Gasteiger partial charge >= 0.3 is 12.1 Å². The summed E-state index contributed by atoms with van der Waals surface area (Å²) in [6, 6.07) is 13.3. The lowest BCUT2D eigenvalue weighted by molar-refractivity contribution is -0.131. The Morgan fingerprint density at radius 2 is 1.76 bits per heavy atom. The number of nitrogens with zero attached hydrogens (tertiary/aromatic N) is 2. The minimum atomic E-state index is -0.857. The highest BCUT2D eigenvalue weighted by Gasteiger charge is 2.35. The van der Waals surface area contributed by atoms with Crippen LogP contribution in [-0.2, 0) is 16.1 Å². The summed E-state index contributed by atoms with van der Waals surface area (Å²) in [5, 5.41) is 3.11. The second kappa shape index (κ2) is 12.8. The zero-order valence-electron chi connectivity index (χ0n) is 23.7. The van der Waals surface area contributed by atoms with Gasteiger partial charge in [-0.3, -0.25) is 9.69 Å². The van der Waals surface area contributed by atoms with Crippen LogP contribution in [0.5, 0.6) is 11.5 Å². The lowest BCUT2D eigenvalue weighted by Gasteiger charge is -2.36. The van der Waals surface area contributed by atoms with Gasteiger partial charge in [0.15, 0.2) is 0 Å². The van der Waals surface area contributed by atoms with Crippen molar-refractivity contribution in [2.24, 2.45) is 0 Å². The van der Waals surface area contributed by atoms with Gasteiger partial charge in [-0.1, -0.05) is 29.8 Å². The lowest BCUT2D eigenvalue weighted by Crippen LogP contribution is -2.54. The highest BCUT2D eigenvalue weighted by molar-refractivity contribution is 6.30. The summed E-state index contributed by atoms with van der Waals surface area (Å²) in [5.74, 6) is -0.473. The van der Waals surface area contributed by atoms with E-state index in [2.05, 4.69) is 5.32 Å². The molecule has 11 heteroatoms. The monoisotopic (exact) mass is 599 g/mol. The number of nitrogens with one attached hydrogen (secondary N) is 1. The summed E-state index contributed by atoms with van der Waals surface area (Å²) in [4.78, 5) is 41.7. The summed E-state index contributed by atoms with van der Waals surface area (Å²) in [7, 11) is 0. The number of benzene rings is 3. The largest absolute Gasteiger partial charge is 0.457 e. The fourth-order valence-corrected chi connectivity index (χ4v) is 4.56. The van der Waals surface area contributed by atoms with Crippen LogP contribution in [0.1, 0.15) is 49.9 Å². The molecule has 0 spiro atoms. The Bertz CT molecular complexity index is 1480. The molecule has 3 aromatic carbocycles. The first-order chi connectivity index (χ1) is 19.8. The smallest absolute Gasteiger partial charge is 0.408 e. The third-order valence-electron chi connectivity index (χ3n) is 6.47. The Labute approximate surface area is 248 Å². The molecule has 1 unspecified atom stereocenters. The molecule has 1 N–H and O–H groups in total. The molecule has 0 bridgehead atoms. The summed E-state index contributed by atoms with van der Waals surface area (Å²) in [5.41, 5.74) is 0.733. The molecule has 1 fully saturated rings. The van der Waals surface area contributed by atoms with Crippen molar-refractivity contribution in [3.05, 3.63) is 94.0 Å². The van der Waals surface area contributed by atoms with Crippen molar-refractivity contribution in [1.82, 2.24) is 15.1 Å². The molecule has 0 aromatic heterocycles. The highest BCUT2D eigenvalue weighted by Crippen LogP contribution is 2.31. The minimum Gasteiger partial charge on any atom is -0.457 e. The second-order valence-electron chi connectivity index (χ2n) is 11.0. The van der Waals surface area contributed by atoms with Gasteiger partial charge in [-0.2, -0.15) is 0 Å². The quantitative estimate of drug-likeness (QED) is 0.297. The Morgan fingerprint density at radius 3 is 2.43 bits per heavy atom. The molecule has 0 saturated carbocycles. The van der Waals surface area contributed by atoms with Crippen LogP contribution in [0.15, 0.2) is 60.7 Å². The van der Waals surface area contributed by atoms with E-state index in [1.165, 1.54) is 41.3 Å². The van der Waals surface area contributed by atoms with E-state index in [9.17, 15) is 23.2 Å². The average molecular weight is 600 g/mol. The molecule has 1 aliphatic heterocycles. The van der Waals surface area contributed by atoms with Crippen molar-refractivity contribution in [1.29, 1.82) is 0 Å². The number of ether oxygens (including phenoxy) is 2. The number of amides is 4. The number of hydrogen-bond acceptors (Lipinski definition) is 5. The lowest BCUT2D eigenvalue weighted by atomic mass is 10.1. The van der Waals surface area contributed by atoms with E-state index in [0.29, 0.717) is 33.2 Å². The Hall–Kier alpha value is -4.18. The van der Waals surface area contributed by atoms with Crippen LogP contribution in [-0.4, -0.2) is 46.5 Å². The number of imide groups is 1. The number of halogens is 3. The summed E-state index contributed by atoms with van der Waals surface area (Å²) in [6.07, 6.45) is -0.695. The van der Waals surface area contributed by atoms with E-state index < -0.39 is 35.5 Å². The van der Waals surface area contributed by atoms with Crippen molar-refractivity contribution in [2.45, 2.75) is 52.3 Å². The van der Waals surface area contributed by atoms with E-state index in [1.54, 1.807) is 52.0 Å². The van der Waals surface area contributed by atoms with Crippen LogP contribution < -0.4 is 10.1 Å². The van der Waals surface area contributed by atoms with Gasteiger partial charge in [-0.15, -0.1) is 0 Å². The number of aryl methyl sites for hydroxylation is 1. The normalized spacial score (nSPS) is 14.5. The molecule has 1 heterocycles. The highest BCUT2D eigenvalue weighted by atomic mass is 35.5. The minimum absolute atomic E-state index is 0.0508. The predicted molar refractivity (Wildman–Crippen MR) is 153 cm³/mol. The van der Waals surface area contributed by atoms with E-state index in [1.807, 2.05) is 0 Å². The van der Waals surface area contributed by atoms with Gasteiger partial charge in [-0.05, 0) is 81.3 Å². The second-order valence-corrected chi connectivity index (χ2v) is 11.4. The van der Waals surface area contributed by atoms with Gasteiger partial charge in [-0.25, -0.2) is 18.4 Å². The molecule has 0 aliphatic carbocycles. The van der Waals surface area contributed by atoms with Crippen molar-refractivity contribution in [2.75, 3.05) is 13.1 Å². The van der Waals surface area contributed by atoms with Gasteiger partial charge in [0, 0.05) is 23.6 Å². The molecule has 42 heavy (non-hydrogen) atoms. The van der Waals surface area contributed by atoms with Gasteiger partial charge in [0.25, 0.3) is 0 Å². The first-order valence-electron chi connectivity index (χ1n) is 13.4. The first-order valence-corrected chi connectivity index (χ1v) is 13.7. The molecule has 4 rings (SSSR count). The van der Waals surface area contributed by atoms with Crippen molar-refractivity contribution in [3.8, 4) is 11.5 Å². The SMILES string of the molecule is Cc1cc(Oc2cc(Cl)ccc2CN2CCC(=O)N(CC(NC(=O)OC(C)(C)C)c3ccc(F)cc3)C2=O)ccc1F. The zero-order valence-corrected chi connectivity index (χ0v) is 24.5. The standard InChI is InChI=1S/C31H32ClF2N3O5/c1-19-15-24(11-12-25(19)34)41-27-16-22(32)8-5-21(27)17-36-14-13-28(38)37(30(36)40)18-26(20-6-9-23(33)10-7-20)35-29(39)42-31(2,3)4/h5-12,15-16,26H,13-14,17-18H2,1-4H3,(H,35,39). The molecule has 1 atom stereocenters. The van der Waals surface area contributed by atoms with E-state index in [4.69, 9.17) is 21.1 Å². The Kier molecular flexibility index (Phi) is 9.36. The molecular formula is C31H32ClF2N3O5. The van der Waals surface area contributed by atoms with Gasteiger partial charge < -0.3 is 19.7 Å². The van der Waals surface area contributed by atoms with Crippen LogP contribution in [0.4, 0.5) is 18.4 Å². The van der Waals surface area contributed by atoms with Gasteiger partial charge in [0.05, 0.1) is 19.1 Å². The van der Waals surface area contributed by atoms with Crippen LogP contribution in [0, 0.1) is 18.6 Å². The summed E-state index contributed by atoms with van der Waals surface area (Å²) in [6.45, 7) is 6.81. The van der Waals surface area contributed by atoms with Crippen LogP contribution >= 0.6 is 11.6 Å². The average Bonchev–Trinajstić information content (AvgIpc) is 2.90. The van der Waals surface area contributed by atoms with E-state index in [0.717, 1.165) is 4.90 Å². The maximum atomic E-state index is 13.8. The molecule has 4 amide bonds. The Balaban J connectivity index is 1.55. The number of carbonyl (C=O) groups excluding carboxylic acids is 3. The fraction of sp³-hybridized carbons (Fsp3) is 0.323. The van der Waals surface area contributed by atoms with Crippen molar-refractivity contribution in [3.63, 3.8) is 0 Å². The van der Waals surface area contributed by atoms with Crippen LogP contribution in [0.2, 0.25) is 5.02 Å². The predicted octanol–water partition coefficient (Wildman–Crippen LogP) is 7.14. The van der Waals surface area contributed by atoms with Crippen molar-refractivity contribution >= 4 is 29.6 Å². The maximum absolute atomic E-state index is 13.8. The number of urea groups is 1. The number of carbonyl (C=O) groups is 3. The Morgan fingerprint density at radius 1 is 1.05 bits per heavy atom. The number of alkyl carbamates (subject to hydrolysis) is 1. The molecule has 0 radical (unpaired) electrons. The van der Waals surface area contributed by atoms with Crippen LogP contribution in [0.25, 0.3) is 0 Å². The fourth-order valence-electron chi connectivity index (χ4n) is 4.39. The zero-order chi connectivity index (χ0) is 30.6. The third kappa shape index (κ3) is 7.97. The van der Waals surface area contributed by atoms with Crippen LogP contribution in [0.3, 0.4) is 0 Å². The molecule has 1 saturated heterocycles. The van der Waals surface area contributed by atoms with Gasteiger partial charge in [0.1, 0.15) is 28.7 Å². The summed E-state index contributed by atoms with van der Waals surface area (Å²) < 4.78 is 38.8. The molecule has 3 aromatic rings. The topological polar surface area (TPSA) is 88.2 Å². The molecular weight excluding hydrogens is 568 g/mol. The summed E-state index contributed by atoms with van der Waals surface area (Å²) >= 11 is 6.22. The third-order valence-corrected chi connectivity index (χ3v) is 6.71. The molecule has 8 nitrogen and oxygen atoms in total. The van der Waals surface area contributed by atoms with E-state index >= 15 is 0 Å². The number of hydrogen-bond donors (Lipinski definition) is 1. The van der Waals surface area contributed by atoms with E-state index in [-0.39, 0.29) is 31.9 Å². The maximum Gasteiger partial charge on any atom is 0.408 e. The van der Waals surface area contributed by atoms with Gasteiger partial charge in [0.2, 0.25) is 5.91 Å². The van der Waals surface area contributed by atoms with Crippen molar-refractivity contribution < 1.29 is 32.6 Å².